The van der Waals surface area contributed by atoms with Gasteiger partial charge >= 0.3 is 5.97 Å². The molecule has 6 nitrogen and oxygen atoms in total. The van der Waals surface area contributed by atoms with E-state index in [1.165, 1.54) is 15.9 Å². The zero-order chi connectivity index (χ0) is 26.0. The van der Waals surface area contributed by atoms with E-state index in [1.54, 1.807) is 44.4 Å². The molecule has 0 amide bonds. The normalized spacial score (nSPS) is 15.5. The van der Waals surface area contributed by atoms with E-state index in [2.05, 4.69) is 15.9 Å². The number of thiazole rings is 1. The van der Waals surface area contributed by atoms with E-state index >= 15 is 0 Å². The largest absolute Gasteiger partial charge is 0.496 e. The molecule has 0 unspecified atom stereocenters. The van der Waals surface area contributed by atoms with Gasteiger partial charge in [-0.2, -0.15) is 0 Å². The molecule has 0 radical (unpaired) electrons. The highest BCUT2D eigenvalue weighted by molar-refractivity contribution is 9.10. The maximum Gasteiger partial charge on any atom is 0.338 e. The molecule has 36 heavy (non-hydrogen) atoms. The average Bonchev–Trinajstić information content (AvgIpc) is 3.16. The minimum atomic E-state index is -0.786. The Kier molecular flexibility index (Phi) is 8.40. The molecule has 1 aliphatic rings. The quantitative estimate of drug-likeness (QED) is 0.324. The van der Waals surface area contributed by atoms with Crippen molar-refractivity contribution in [3.8, 4) is 5.75 Å². The molecule has 1 aliphatic heterocycles. The Morgan fingerprint density at radius 2 is 2.03 bits per heavy atom. The number of hydrogen-bond donors (Lipinski definition) is 0. The van der Waals surface area contributed by atoms with Gasteiger partial charge in [0.15, 0.2) is 4.80 Å². The minimum absolute atomic E-state index is 0.196. The topological polar surface area (TPSA) is 69.9 Å². The number of carbonyl (C=O) groups is 1. The van der Waals surface area contributed by atoms with Crippen LogP contribution < -0.4 is 19.6 Å². The number of ether oxygens (including phenoxy) is 2. The first-order valence-corrected chi connectivity index (χ1v) is 13.7. The first kappa shape index (κ1) is 26.7. The maximum absolute atomic E-state index is 13.9. The van der Waals surface area contributed by atoms with E-state index in [9.17, 15) is 9.59 Å². The van der Waals surface area contributed by atoms with E-state index < -0.39 is 12.0 Å². The molecule has 1 atom stereocenters. The van der Waals surface area contributed by atoms with Crippen molar-refractivity contribution < 1.29 is 14.3 Å². The first-order chi connectivity index (χ1) is 17.3. The van der Waals surface area contributed by atoms with Crippen molar-refractivity contribution in [3.63, 3.8) is 0 Å². The maximum atomic E-state index is 13.9. The lowest BCUT2D eigenvalue weighted by molar-refractivity contribution is -0.139. The van der Waals surface area contributed by atoms with Crippen LogP contribution in [-0.2, 0) is 9.53 Å². The molecule has 2 aromatic carbocycles. The zero-order valence-electron chi connectivity index (χ0n) is 19.8. The lowest BCUT2D eigenvalue weighted by Crippen LogP contribution is -2.40. The molecule has 0 spiro atoms. The Balaban J connectivity index is 2.07. The average molecular weight is 610 g/mol. The van der Waals surface area contributed by atoms with E-state index in [-0.39, 0.29) is 12.2 Å². The van der Waals surface area contributed by atoms with Crippen molar-refractivity contribution >= 4 is 62.5 Å². The number of fused-ring (bicyclic) bond motifs is 1. The Labute approximate surface area is 230 Å². The van der Waals surface area contributed by atoms with Gasteiger partial charge in [-0.15, -0.1) is 0 Å². The van der Waals surface area contributed by atoms with Crippen LogP contribution in [0, 0.1) is 0 Å². The second-order valence-corrected chi connectivity index (χ2v) is 10.7. The molecular weight excluding hydrogens is 587 g/mol. The zero-order valence-corrected chi connectivity index (χ0v) is 23.7. The molecular formula is C26H23BrCl2N2O4S. The van der Waals surface area contributed by atoms with Crippen molar-refractivity contribution in [2.24, 2.45) is 4.99 Å². The smallest absolute Gasteiger partial charge is 0.338 e. The Hall–Kier alpha value is -2.39. The van der Waals surface area contributed by atoms with Crippen LogP contribution in [0.4, 0.5) is 0 Å². The summed E-state index contributed by atoms with van der Waals surface area (Å²) in [5.41, 5.74) is 1.88. The van der Waals surface area contributed by atoms with Crippen molar-refractivity contribution in [2.45, 2.75) is 32.7 Å². The summed E-state index contributed by atoms with van der Waals surface area (Å²) in [7, 11) is 1.55. The third-order valence-corrected chi connectivity index (χ3v) is 7.96. The number of benzene rings is 2. The second kappa shape index (κ2) is 11.3. The Morgan fingerprint density at radius 1 is 1.25 bits per heavy atom. The number of nitrogens with zero attached hydrogens (tertiary/aromatic N) is 2. The summed E-state index contributed by atoms with van der Waals surface area (Å²) in [4.78, 5) is 32.4. The fourth-order valence-electron chi connectivity index (χ4n) is 4.11. The van der Waals surface area contributed by atoms with Crippen molar-refractivity contribution in [2.75, 3.05) is 13.7 Å². The highest BCUT2D eigenvalue weighted by atomic mass is 79.9. The summed E-state index contributed by atoms with van der Waals surface area (Å²) in [6.45, 7) is 3.95. The fourth-order valence-corrected chi connectivity index (χ4v) is 5.86. The van der Waals surface area contributed by atoms with Crippen molar-refractivity contribution in [3.05, 3.63) is 93.0 Å². The van der Waals surface area contributed by atoms with Gasteiger partial charge in [-0.3, -0.25) is 9.36 Å². The molecule has 4 rings (SSSR count). The van der Waals surface area contributed by atoms with Crippen LogP contribution in [0.2, 0.25) is 10.0 Å². The van der Waals surface area contributed by atoms with Crippen molar-refractivity contribution in [1.82, 2.24) is 4.57 Å². The molecule has 0 N–H and O–H groups in total. The highest BCUT2D eigenvalue weighted by Gasteiger charge is 2.36. The van der Waals surface area contributed by atoms with Gasteiger partial charge in [-0.05, 0) is 49.2 Å². The van der Waals surface area contributed by atoms with Crippen LogP contribution in [-0.4, -0.2) is 24.3 Å². The molecule has 188 valence electrons. The molecule has 2 heterocycles. The molecule has 3 aromatic rings. The summed E-state index contributed by atoms with van der Waals surface area (Å²) in [5.74, 6) is 0.0269. The van der Waals surface area contributed by atoms with E-state index in [0.29, 0.717) is 53.9 Å². The summed E-state index contributed by atoms with van der Waals surface area (Å²) in [6, 6.07) is 9.94. The minimum Gasteiger partial charge on any atom is -0.496 e. The summed E-state index contributed by atoms with van der Waals surface area (Å²) in [6.07, 6.45) is 3.00. The lowest BCUT2D eigenvalue weighted by atomic mass is 9.93. The predicted molar refractivity (Wildman–Crippen MR) is 147 cm³/mol. The number of halogens is 3. The highest BCUT2D eigenvalue weighted by Crippen LogP contribution is 2.38. The number of carbonyl (C=O) groups excluding carboxylic acids is 1. The fraction of sp³-hybridized carbons (Fsp3) is 0.269. The second-order valence-electron chi connectivity index (χ2n) is 7.94. The van der Waals surface area contributed by atoms with E-state index in [1.807, 2.05) is 19.1 Å². The Bertz CT molecular complexity index is 1540. The third-order valence-electron chi connectivity index (χ3n) is 5.65. The van der Waals surface area contributed by atoms with Gasteiger partial charge in [-0.25, -0.2) is 9.79 Å². The van der Waals surface area contributed by atoms with Gasteiger partial charge in [0, 0.05) is 10.0 Å². The molecule has 0 fully saturated rings. The summed E-state index contributed by atoms with van der Waals surface area (Å²) < 4.78 is 13.8. The summed E-state index contributed by atoms with van der Waals surface area (Å²) in [5, 5.41) is 0.749. The summed E-state index contributed by atoms with van der Waals surface area (Å²) >= 11 is 17.3. The van der Waals surface area contributed by atoms with Gasteiger partial charge in [0.1, 0.15) is 11.8 Å². The number of methoxy groups -OCH3 is 1. The molecule has 0 saturated heterocycles. The van der Waals surface area contributed by atoms with Gasteiger partial charge in [0.05, 0.1) is 39.6 Å². The molecule has 0 aliphatic carbocycles. The lowest BCUT2D eigenvalue weighted by Gasteiger charge is -2.27. The van der Waals surface area contributed by atoms with Gasteiger partial charge in [0.2, 0.25) is 0 Å². The van der Waals surface area contributed by atoms with Gasteiger partial charge in [0.25, 0.3) is 5.56 Å². The van der Waals surface area contributed by atoms with Crippen LogP contribution >= 0.6 is 50.5 Å². The first-order valence-electron chi connectivity index (χ1n) is 11.3. The molecule has 1 aromatic heterocycles. The monoisotopic (exact) mass is 608 g/mol. The van der Waals surface area contributed by atoms with Crippen LogP contribution in [0.5, 0.6) is 5.75 Å². The number of rotatable bonds is 7. The van der Waals surface area contributed by atoms with E-state index in [4.69, 9.17) is 37.7 Å². The SMILES string of the molecule is CCCC1=C(C(=O)OCC)[C@@H](c2cc(Br)ccc2OC)n2c(s/c(=C/c3cccc(Cl)c3Cl)c2=O)=N1. The van der Waals surface area contributed by atoms with E-state index in [0.717, 1.165) is 10.9 Å². The number of esters is 1. The number of aromatic nitrogens is 1. The third kappa shape index (κ3) is 5.05. The van der Waals surface area contributed by atoms with Crippen molar-refractivity contribution in [1.29, 1.82) is 0 Å². The van der Waals surface area contributed by atoms with Crippen LogP contribution in [0.15, 0.2) is 61.9 Å². The predicted octanol–water partition coefficient (Wildman–Crippen LogP) is 5.66. The number of allylic oxidation sites excluding steroid dienone is 1. The molecule has 10 heteroatoms. The van der Waals surface area contributed by atoms with Gasteiger partial charge < -0.3 is 9.47 Å². The number of hydrogen-bond acceptors (Lipinski definition) is 6. The van der Waals surface area contributed by atoms with Gasteiger partial charge in [-0.1, -0.05) is 75.9 Å². The van der Waals surface area contributed by atoms with Crippen LogP contribution in [0.25, 0.3) is 6.08 Å². The standard InChI is InChI=1S/C26H23BrCl2N2O4S/c1-4-7-18-21(25(33)35-5-2)23(16-13-15(27)10-11-19(16)34-3)31-24(32)20(36-26(31)30-18)12-14-8-6-9-17(28)22(14)29/h6,8-13,23H,4-5,7H2,1-3H3/b20-12+/t23-/m1/s1. The van der Waals surface area contributed by atoms with Crippen LogP contribution in [0.1, 0.15) is 43.9 Å². The Morgan fingerprint density at radius 3 is 2.72 bits per heavy atom. The molecule has 0 bridgehead atoms. The molecule has 0 saturated carbocycles. The van der Waals surface area contributed by atoms with Crippen LogP contribution in [0.3, 0.4) is 0 Å².